The third-order valence-corrected chi connectivity index (χ3v) is 6.60. The summed E-state index contributed by atoms with van der Waals surface area (Å²) in [5.74, 6) is 0.363. The van der Waals surface area contributed by atoms with Gasteiger partial charge < -0.3 is 15.4 Å². The summed E-state index contributed by atoms with van der Waals surface area (Å²) in [6.45, 7) is -0.767. The largest absolute Gasteiger partial charge is 0.484 e. The molecular formula is C26H27F3N6O3. The summed E-state index contributed by atoms with van der Waals surface area (Å²) in [6.07, 6.45) is 3.17. The summed E-state index contributed by atoms with van der Waals surface area (Å²) < 4.78 is 43.9. The van der Waals surface area contributed by atoms with Gasteiger partial charge in [0.05, 0.1) is 5.69 Å². The molecule has 0 unspecified atom stereocenters. The third kappa shape index (κ3) is 6.48. The molecule has 2 aromatic heterocycles. The van der Waals surface area contributed by atoms with Crippen LogP contribution in [0.2, 0.25) is 0 Å². The van der Waals surface area contributed by atoms with E-state index in [0.29, 0.717) is 48.8 Å². The highest BCUT2D eigenvalue weighted by Gasteiger charge is 2.33. The van der Waals surface area contributed by atoms with E-state index in [0.717, 1.165) is 12.0 Å². The second kappa shape index (κ2) is 10.8. The number of aryl methyl sites for hydroxylation is 2. The fraction of sp³-hybridized carbons (Fsp3) is 0.423. The Morgan fingerprint density at radius 3 is 2.79 bits per heavy atom. The Morgan fingerprint density at radius 1 is 1.21 bits per heavy atom. The minimum atomic E-state index is -4.41. The average Bonchev–Trinajstić information content (AvgIpc) is 3.66. The number of nitrogens with one attached hydrogen (secondary N) is 2. The lowest BCUT2D eigenvalue weighted by Crippen LogP contribution is -2.41. The molecule has 3 heterocycles. The Hall–Kier alpha value is -3.96. The number of rotatable bonds is 10. The second-order valence-corrected chi connectivity index (χ2v) is 9.64. The number of benzene rings is 1. The van der Waals surface area contributed by atoms with Crippen LogP contribution >= 0.6 is 0 Å². The molecular weight excluding hydrogens is 501 g/mol. The molecule has 1 saturated carbocycles. The van der Waals surface area contributed by atoms with Gasteiger partial charge in [-0.15, -0.1) is 0 Å². The molecule has 1 aliphatic heterocycles. The minimum absolute atomic E-state index is 0.147. The first-order chi connectivity index (χ1) is 18.2. The number of halogens is 3. The lowest BCUT2D eigenvalue weighted by molar-refractivity contribution is -0.153. The number of hydrogen-bond acceptors (Lipinski definition) is 6. The van der Waals surface area contributed by atoms with Crippen LogP contribution in [0.15, 0.2) is 42.9 Å². The summed E-state index contributed by atoms with van der Waals surface area (Å²) in [6, 6.07) is 7.79. The Kier molecular flexibility index (Phi) is 7.30. The van der Waals surface area contributed by atoms with Crippen LogP contribution in [0.5, 0.6) is 5.75 Å². The highest BCUT2D eigenvalue weighted by atomic mass is 19.4. The number of alkyl halides is 3. The van der Waals surface area contributed by atoms with Gasteiger partial charge in [-0.3, -0.25) is 9.59 Å². The van der Waals surface area contributed by atoms with Crippen molar-refractivity contribution in [1.29, 1.82) is 0 Å². The number of nitrogens with zero attached hydrogens (tertiary/aromatic N) is 4. The predicted octanol–water partition coefficient (Wildman–Crippen LogP) is 3.95. The SMILES string of the molecule is O=C(Nc1c2c(nn1CCC1CC1)C[C@H](CCc1cccc(OCC(F)(F)F)c1)NC2=O)c1ccncn1. The molecule has 0 bridgehead atoms. The lowest BCUT2D eigenvalue weighted by atomic mass is 9.96. The van der Waals surface area contributed by atoms with Crippen molar-refractivity contribution in [3.05, 3.63) is 65.4 Å². The van der Waals surface area contributed by atoms with Gasteiger partial charge in [-0.1, -0.05) is 25.0 Å². The zero-order valence-electron chi connectivity index (χ0n) is 20.5. The van der Waals surface area contributed by atoms with Gasteiger partial charge in [-0.25, -0.2) is 14.6 Å². The Balaban J connectivity index is 1.28. The molecule has 9 nitrogen and oxygen atoms in total. The van der Waals surface area contributed by atoms with Crippen molar-refractivity contribution in [2.24, 2.45) is 5.92 Å². The molecule has 0 saturated heterocycles. The van der Waals surface area contributed by atoms with Gasteiger partial charge in [-0.05, 0) is 48.9 Å². The molecule has 1 aromatic carbocycles. The van der Waals surface area contributed by atoms with Crippen molar-refractivity contribution in [1.82, 2.24) is 25.1 Å². The van der Waals surface area contributed by atoms with Crippen LogP contribution in [-0.4, -0.2) is 50.4 Å². The molecule has 200 valence electrons. The van der Waals surface area contributed by atoms with Crippen molar-refractivity contribution < 1.29 is 27.5 Å². The number of hydrogen-bond donors (Lipinski definition) is 2. The molecule has 38 heavy (non-hydrogen) atoms. The van der Waals surface area contributed by atoms with E-state index in [-0.39, 0.29) is 23.4 Å². The molecule has 3 aromatic rings. The summed E-state index contributed by atoms with van der Waals surface area (Å²) in [4.78, 5) is 33.8. The maximum Gasteiger partial charge on any atom is 0.422 e. The number of carbonyl (C=O) groups is 2. The van der Waals surface area contributed by atoms with Gasteiger partial charge in [0.2, 0.25) is 0 Å². The van der Waals surface area contributed by atoms with Crippen LogP contribution in [0.1, 0.15) is 57.8 Å². The van der Waals surface area contributed by atoms with E-state index < -0.39 is 18.7 Å². The van der Waals surface area contributed by atoms with E-state index in [1.165, 1.54) is 37.5 Å². The number of fused-ring (bicyclic) bond motifs is 1. The molecule has 2 amide bonds. The number of ether oxygens (including phenoxy) is 1. The van der Waals surface area contributed by atoms with Crippen molar-refractivity contribution in [3.63, 3.8) is 0 Å². The average molecular weight is 529 g/mol. The van der Waals surface area contributed by atoms with Crippen LogP contribution in [-0.2, 0) is 19.4 Å². The van der Waals surface area contributed by atoms with E-state index in [1.807, 2.05) is 6.07 Å². The van der Waals surface area contributed by atoms with Crippen molar-refractivity contribution in [2.45, 2.75) is 57.3 Å². The van der Waals surface area contributed by atoms with E-state index in [2.05, 4.69) is 20.6 Å². The summed E-state index contributed by atoms with van der Waals surface area (Å²) in [5.41, 5.74) is 1.94. The molecule has 2 N–H and O–H groups in total. The predicted molar refractivity (Wildman–Crippen MR) is 131 cm³/mol. The van der Waals surface area contributed by atoms with Crippen molar-refractivity contribution >= 4 is 17.6 Å². The van der Waals surface area contributed by atoms with E-state index in [9.17, 15) is 22.8 Å². The quantitative estimate of drug-likeness (QED) is 0.412. The van der Waals surface area contributed by atoms with Gasteiger partial charge >= 0.3 is 6.18 Å². The first-order valence-electron chi connectivity index (χ1n) is 12.5. The summed E-state index contributed by atoms with van der Waals surface area (Å²) >= 11 is 0. The molecule has 1 fully saturated rings. The Labute approximate surface area is 216 Å². The van der Waals surface area contributed by atoms with E-state index in [4.69, 9.17) is 9.84 Å². The summed E-state index contributed by atoms with van der Waals surface area (Å²) in [5, 5.41) is 10.5. The number of anilines is 1. The standard InChI is InChI=1S/C26H27F3N6O3/c27-26(28,29)14-38-19-3-1-2-17(12-19)6-7-18-13-21-22(25(37)32-18)23(35(34-21)11-9-16-4-5-16)33-24(36)20-8-10-30-15-31-20/h1-3,8,10,12,15-16,18H,4-7,9,11,13-14H2,(H,32,37)(H,33,36)/t18-/m0/s1. The van der Waals surface area contributed by atoms with E-state index in [1.54, 1.807) is 16.8 Å². The molecule has 1 aliphatic carbocycles. The Bertz CT molecular complexity index is 1310. The fourth-order valence-corrected chi connectivity index (χ4v) is 4.50. The highest BCUT2D eigenvalue weighted by molar-refractivity contribution is 6.08. The minimum Gasteiger partial charge on any atom is -0.484 e. The van der Waals surface area contributed by atoms with Gasteiger partial charge in [0.1, 0.15) is 29.2 Å². The molecule has 5 rings (SSSR count). The van der Waals surface area contributed by atoms with Crippen LogP contribution in [0, 0.1) is 5.92 Å². The molecule has 0 spiro atoms. The van der Waals surface area contributed by atoms with Gasteiger partial charge in [0, 0.05) is 25.2 Å². The third-order valence-electron chi connectivity index (χ3n) is 6.60. The maximum atomic E-state index is 13.2. The van der Waals surface area contributed by atoms with Gasteiger partial charge in [0.25, 0.3) is 11.8 Å². The monoisotopic (exact) mass is 528 g/mol. The van der Waals surface area contributed by atoms with Crippen LogP contribution < -0.4 is 15.4 Å². The zero-order valence-corrected chi connectivity index (χ0v) is 20.5. The normalized spacial score (nSPS) is 17.0. The number of carbonyl (C=O) groups excluding carboxylic acids is 2. The smallest absolute Gasteiger partial charge is 0.422 e. The van der Waals surface area contributed by atoms with Crippen LogP contribution in [0.4, 0.5) is 19.0 Å². The molecule has 1 atom stereocenters. The number of aromatic nitrogens is 4. The summed E-state index contributed by atoms with van der Waals surface area (Å²) in [7, 11) is 0. The number of amides is 2. The Morgan fingerprint density at radius 2 is 2.05 bits per heavy atom. The second-order valence-electron chi connectivity index (χ2n) is 9.64. The van der Waals surface area contributed by atoms with Crippen molar-refractivity contribution in [3.8, 4) is 5.75 Å². The van der Waals surface area contributed by atoms with Gasteiger partial charge in [-0.2, -0.15) is 18.3 Å². The molecule has 12 heteroatoms. The van der Waals surface area contributed by atoms with Crippen LogP contribution in [0.25, 0.3) is 0 Å². The zero-order chi connectivity index (χ0) is 26.7. The molecule has 2 aliphatic rings. The first-order valence-corrected chi connectivity index (χ1v) is 12.5. The maximum absolute atomic E-state index is 13.2. The fourth-order valence-electron chi connectivity index (χ4n) is 4.50. The van der Waals surface area contributed by atoms with Crippen LogP contribution in [0.3, 0.4) is 0 Å². The first kappa shape index (κ1) is 25.7. The van der Waals surface area contributed by atoms with Crippen molar-refractivity contribution in [2.75, 3.05) is 11.9 Å². The molecule has 0 radical (unpaired) electrons. The van der Waals surface area contributed by atoms with Gasteiger partial charge in [0.15, 0.2) is 6.61 Å². The lowest BCUT2D eigenvalue weighted by Gasteiger charge is -2.23. The topological polar surface area (TPSA) is 111 Å². The highest BCUT2D eigenvalue weighted by Crippen LogP contribution is 2.34. The van der Waals surface area contributed by atoms with E-state index >= 15 is 0 Å².